The van der Waals surface area contributed by atoms with E-state index in [1.54, 1.807) is 0 Å². The van der Waals surface area contributed by atoms with E-state index >= 15 is 0 Å². The van der Waals surface area contributed by atoms with Crippen molar-refractivity contribution in [1.29, 1.82) is 0 Å². The van der Waals surface area contributed by atoms with Gasteiger partial charge in [-0.3, -0.25) is 0 Å². The number of hydrogen-bond donors (Lipinski definition) is 1. The fourth-order valence-electron chi connectivity index (χ4n) is 1.35. The van der Waals surface area contributed by atoms with Crippen molar-refractivity contribution >= 4 is 0 Å². The van der Waals surface area contributed by atoms with E-state index in [4.69, 9.17) is 0 Å². The van der Waals surface area contributed by atoms with Gasteiger partial charge in [-0.25, -0.2) is 0 Å². The summed E-state index contributed by atoms with van der Waals surface area (Å²) in [4.78, 5) is 2.16. The minimum absolute atomic E-state index is 0.566. The first-order chi connectivity index (χ1) is 4.81. The Kier molecular flexibility index (Phi) is 4.04. The van der Waals surface area contributed by atoms with E-state index in [2.05, 4.69) is 18.7 Å². The molecule has 0 rings (SSSR count). The smallest absolute Gasteiger partial charge is 0.0718 e. The topological polar surface area (TPSA) is 23.5 Å². The summed E-state index contributed by atoms with van der Waals surface area (Å²) in [6, 6.07) is 0. The highest BCUT2D eigenvalue weighted by atomic mass is 16.3. The minimum atomic E-state index is -0.566. The normalized spacial score (nSPS) is 13.1. The highest BCUT2D eigenvalue weighted by molar-refractivity contribution is 4.70. The molecule has 0 saturated carbocycles. The number of nitrogens with zero attached hydrogens (tertiary/aromatic N) is 1. The second-order valence-electron chi connectivity index (χ2n) is 4.40. The third-order valence-corrected chi connectivity index (χ3v) is 1.33. The van der Waals surface area contributed by atoms with Gasteiger partial charge in [0.25, 0.3) is 0 Å². The van der Waals surface area contributed by atoms with Gasteiger partial charge in [-0.15, -0.1) is 0 Å². The van der Waals surface area contributed by atoms with Gasteiger partial charge in [-0.05, 0) is 26.8 Å². The van der Waals surface area contributed by atoms with Crippen molar-refractivity contribution in [3.63, 3.8) is 0 Å². The van der Waals surface area contributed by atoms with Gasteiger partial charge in [0.2, 0.25) is 0 Å². The van der Waals surface area contributed by atoms with Gasteiger partial charge in [0, 0.05) is 13.1 Å². The molecule has 0 aliphatic carbocycles. The summed E-state index contributed by atoms with van der Waals surface area (Å²) in [5.74, 6) is 0.669. The molecule has 0 heterocycles. The predicted molar refractivity (Wildman–Crippen MR) is 48.6 cm³/mol. The van der Waals surface area contributed by atoms with Crippen LogP contribution in [0, 0.1) is 5.92 Å². The maximum absolute atomic E-state index is 9.46. The van der Waals surface area contributed by atoms with Gasteiger partial charge >= 0.3 is 0 Å². The lowest BCUT2D eigenvalue weighted by atomic mass is 10.1. The Morgan fingerprint density at radius 2 is 1.82 bits per heavy atom. The molecule has 11 heavy (non-hydrogen) atoms. The number of hydrogen-bond acceptors (Lipinski definition) is 2. The monoisotopic (exact) mass is 159 g/mol. The Morgan fingerprint density at radius 3 is 2.09 bits per heavy atom. The van der Waals surface area contributed by atoms with E-state index in [9.17, 15) is 5.11 Å². The minimum Gasteiger partial charge on any atom is -0.389 e. The Balaban J connectivity index is 3.61. The molecular formula is C9H21NO. The lowest BCUT2D eigenvalue weighted by Gasteiger charge is -2.26. The van der Waals surface area contributed by atoms with Crippen LogP contribution >= 0.6 is 0 Å². The number of rotatable bonds is 4. The van der Waals surface area contributed by atoms with Crippen molar-refractivity contribution in [2.24, 2.45) is 5.92 Å². The summed E-state index contributed by atoms with van der Waals surface area (Å²) in [7, 11) is 2.04. The molecule has 0 amide bonds. The van der Waals surface area contributed by atoms with Crippen molar-refractivity contribution in [3.8, 4) is 0 Å². The Labute approximate surface area is 70.2 Å². The van der Waals surface area contributed by atoms with E-state index in [1.165, 1.54) is 0 Å². The van der Waals surface area contributed by atoms with Gasteiger partial charge < -0.3 is 10.0 Å². The molecule has 0 saturated heterocycles. The molecule has 0 spiro atoms. The zero-order valence-corrected chi connectivity index (χ0v) is 8.39. The SMILES string of the molecule is CC(C)CN(C)CC(C)(C)O. The third kappa shape index (κ3) is 7.82. The average molecular weight is 159 g/mol. The first-order valence-corrected chi connectivity index (χ1v) is 4.22. The maximum atomic E-state index is 9.46. The van der Waals surface area contributed by atoms with Gasteiger partial charge in [-0.2, -0.15) is 0 Å². The molecule has 0 aliphatic heterocycles. The summed E-state index contributed by atoms with van der Waals surface area (Å²) in [6.45, 7) is 9.82. The lowest BCUT2D eigenvalue weighted by molar-refractivity contribution is 0.0416. The molecule has 0 radical (unpaired) electrons. The summed E-state index contributed by atoms with van der Waals surface area (Å²) >= 11 is 0. The highest BCUT2D eigenvalue weighted by Crippen LogP contribution is 2.04. The van der Waals surface area contributed by atoms with Crippen LogP contribution in [-0.4, -0.2) is 35.7 Å². The first-order valence-electron chi connectivity index (χ1n) is 4.22. The van der Waals surface area contributed by atoms with E-state index in [-0.39, 0.29) is 0 Å². The molecule has 2 nitrogen and oxygen atoms in total. The van der Waals surface area contributed by atoms with Crippen LogP contribution in [0.5, 0.6) is 0 Å². The van der Waals surface area contributed by atoms with E-state index in [0.717, 1.165) is 13.1 Å². The van der Waals surface area contributed by atoms with Crippen LogP contribution in [0.1, 0.15) is 27.7 Å². The molecule has 0 fully saturated rings. The molecule has 0 aromatic heterocycles. The Bertz CT molecular complexity index is 105. The number of likely N-dealkylation sites (N-methyl/N-ethyl adjacent to an activating group) is 1. The summed E-state index contributed by atoms with van der Waals surface area (Å²) in [6.07, 6.45) is 0. The van der Waals surface area contributed by atoms with Crippen LogP contribution in [-0.2, 0) is 0 Å². The van der Waals surface area contributed by atoms with Crippen LogP contribution in [0.3, 0.4) is 0 Å². The summed E-state index contributed by atoms with van der Waals surface area (Å²) in [5.41, 5.74) is -0.566. The molecule has 0 aliphatic rings. The molecular weight excluding hydrogens is 138 g/mol. The third-order valence-electron chi connectivity index (χ3n) is 1.33. The summed E-state index contributed by atoms with van der Waals surface area (Å²) in [5, 5.41) is 9.46. The Morgan fingerprint density at radius 1 is 1.36 bits per heavy atom. The first kappa shape index (κ1) is 10.9. The van der Waals surface area contributed by atoms with Gasteiger partial charge in [0.05, 0.1) is 5.60 Å². The Hall–Kier alpha value is -0.0800. The van der Waals surface area contributed by atoms with Crippen molar-refractivity contribution < 1.29 is 5.11 Å². The molecule has 0 aromatic rings. The van der Waals surface area contributed by atoms with Crippen LogP contribution in [0.2, 0.25) is 0 Å². The molecule has 0 aromatic carbocycles. The molecule has 1 N–H and O–H groups in total. The molecule has 0 atom stereocenters. The van der Waals surface area contributed by atoms with Crippen LogP contribution in [0.25, 0.3) is 0 Å². The van der Waals surface area contributed by atoms with Gasteiger partial charge in [0.15, 0.2) is 0 Å². The van der Waals surface area contributed by atoms with Crippen LogP contribution < -0.4 is 0 Å². The quantitative estimate of drug-likeness (QED) is 0.669. The second kappa shape index (κ2) is 4.07. The average Bonchev–Trinajstić information content (AvgIpc) is 1.53. The van der Waals surface area contributed by atoms with Crippen molar-refractivity contribution in [3.05, 3.63) is 0 Å². The fourth-order valence-corrected chi connectivity index (χ4v) is 1.35. The van der Waals surface area contributed by atoms with Gasteiger partial charge in [0.1, 0.15) is 0 Å². The fraction of sp³-hybridized carbons (Fsp3) is 1.00. The lowest BCUT2D eigenvalue weighted by Crippen LogP contribution is -2.37. The zero-order chi connectivity index (χ0) is 9.07. The maximum Gasteiger partial charge on any atom is 0.0718 e. The molecule has 0 unspecified atom stereocenters. The second-order valence-corrected chi connectivity index (χ2v) is 4.40. The standard InChI is InChI=1S/C9H21NO/c1-8(2)6-10(5)7-9(3,4)11/h8,11H,6-7H2,1-5H3. The highest BCUT2D eigenvalue weighted by Gasteiger charge is 2.15. The molecule has 68 valence electrons. The van der Waals surface area contributed by atoms with Crippen LogP contribution in [0.15, 0.2) is 0 Å². The van der Waals surface area contributed by atoms with Crippen LogP contribution in [0.4, 0.5) is 0 Å². The largest absolute Gasteiger partial charge is 0.389 e. The molecule has 0 bridgehead atoms. The van der Waals surface area contributed by atoms with Crippen molar-refractivity contribution in [2.45, 2.75) is 33.3 Å². The summed E-state index contributed by atoms with van der Waals surface area (Å²) < 4.78 is 0. The van der Waals surface area contributed by atoms with E-state index in [0.29, 0.717) is 5.92 Å². The van der Waals surface area contributed by atoms with Crippen molar-refractivity contribution in [1.82, 2.24) is 4.90 Å². The predicted octanol–water partition coefficient (Wildman–Crippen LogP) is 1.35. The number of aliphatic hydroxyl groups is 1. The van der Waals surface area contributed by atoms with Crippen molar-refractivity contribution in [2.75, 3.05) is 20.1 Å². The van der Waals surface area contributed by atoms with E-state index < -0.39 is 5.60 Å². The molecule has 2 heteroatoms. The van der Waals surface area contributed by atoms with Gasteiger partial charge in [-0.1, -0.05) is 13.8 Å². The zero-order valence-electron chi connectivity index (χ0n) is 8.39. The van der Waals surface area contributed by atoms with E-state index in [1.807, 2.05) is 20.9 Å².